The number of ether oxygens (including phenoxy) is 1. The Morgan fingerprint density at radius 1 is 1.22 bits per heavy atom. The van der Waals surface area contributed by atoms with Crippen molar-refractivity contribution >= 4 is 50.9 Å². The second-order valence-electron chi connectivity index (χ2n) is 6.90. The lowest BCUT2D eigenvalue weighted by Gasteiger charge is -2.13. The number of nitrogens with zero attached hydrogens (tertiary/aromatic N) is 5. The maximum atomic E-state index is 12.7. The molecule has 5 aromatic rings. The lowest BCUT2D eigenvalue weighted by Crippen LogP contribution is -2.33. The fourth-order valence-corrected chi connectivity index (χ4v) is 3.23. The Kier molecular flexibility index (Phi) is 4.58. The number of amides is 1. The molecule has 0 aliphatic rings. The quantitative estimate of drug-likeness (QED) is 0.391. The number of nitrogens with one attached hydrogen (secondary N) is 2. The number of benzene rings is 1. The van der Waals surface area contributed by atoms with Gasteiger partial charge in [-0.3, -0.25) is 19.0 Å². The highest BCUT2D eigenvalue weighted by Gasteiger charge is 2.21. The van der Waals surface area contributed by atoms with Crippen molar-refractivity contribution in [3.05, 3.63) is 53.6 Å². The Labute approximate surface area is 178 Å². The molecule has 12 heteroatoms. The molecule has 0 aliphatic heterocycles. The minimum absolute atomic E-state index is 0.0413. The van der Waals surface area contributed by atoms with E-state index >= 15 is 0 Å². The number of carbonyl (C=O) groups is 2. The van der Waals surface area contributed by atoms with Crippen LogP contribution in [0.15, 0.2) is 52.5 Å². The van der Waals surface area contributed by atoms with Crippen LogP contribution in [0.3, 0.4) is 0 Å². The molecule has 160 valence electrons. The molecule has 0 radical (unpaired) electrons. The molecule has 32 heavy (non-hydrogen) atoms. The van der Waals surface area contributed by atoms with Crippen LogP contribution in [0.1, 0.15) is 6.92 Å². The van der Waals surface area contributed by atoms with Crippen LogP contribution in [0, 0.1) is 0 Å². The third-order valence-corrected chi connectivity index (χ3v) is 4.79. The predicted octanol–water partition coefficient (Wildman–Crippen LogP) is 1.38. The van der Waals surface area contributed by atoms with Crippen LogP contribution in [-0.2, 0) is 20.9 Å². The second kappa shape index (κ2) is 7.58. The first-order valence-electron chi connectivity index (χ1n) is 9.52. The molecular formula is C20H15N7O5. The van der Waals surface area contributed by atoms with Gasteiger partial charge >= 0.3 is 5.97 Å². The summed E-state index contributed by atoms with van der Waals surface area (Å²) in [4.78, 5) is 56.5. The van der Waals surface area contributed by atoms with E-state index in [0.717, 1.165) is 4.57 Å². The highest BCUT2D eigenvalue weighted by Crippen LogP contribution is 2.24. The van der Waals surface area contributed by atoms with Gasteiger partial charge in [0.25, 0.3) is 11.5 Å². The van der Waals surface area contributed by atoms with Crippen molar-refractivity contribution < 1.29 is 18.7 Å². The number of aromatic nitrogens is 6. The summed E-state index contributed by atoms with van der Waals surface area (Å²) in [5, 5.41) is 3.26. The van der Waals surface area contributed by atoms with E-state index in [0.29, 0.717) is 27.6 Å². The smallest absolute Gasteiger partial charge is 0.326 e. The Morgan fingerprint density at radius 2 is 2.06 bits per heavy atom. The highest BCUT2D eigenvalue weighted by atomic mass is 16.5. The van der Waals surface area contributed by atoms with Crippen LogP contribution in [0.4, 0.5) is 5.82 Å². The van der Waals surface area contributed by atoms with Crippen LogP contribution in [0.5, 0.6) is 0 Å². The number of furan rings is 1. The molecule has 1 unspecified atom stereocenters. The molecule has 1 aromatic carbocycles. The third kappa shape index (κ3) is 3.33. The first-order chi connectivity index (χ1) is 15.5. The minimum atomic E-state index is -1.14. The normalized spacial score (nSPS) is 12.3. The van der Waals surface area contributed by atoms with E-state index < -0.39 is 30.1 Å². The summed E-state index contributed by atoms with van der Waals surface area (Å²) in [7, 11) is 0. The summed E-state index contributed by atoms with van der Waals surface area (Å²) in [5.41, 5.74) is 1.28. The fourth-order valence-electron chi connectivity index (χ4n) is 3.23. The van der Waals surface area contributed by atoms with E-state index in [1.807, 2.05) is 6.07 Å². The molecule has 0 fully saturated rings. The second-order valence-corrected chi connectivity index (χ2v) is 6.90. The molecule has 12 nitrogen and oxygen atoms in total. The summed E-state index contributed by atoms with van der Waals surface area (Å²) >= 11 is 0. The monoisotopic (exact) mass is 433 g/mol. The maximum Gasteiger partial charge on any atom is 0.326 e. The molecule has 1 amide bonds. The van der Waals surface area contributed by atoms with Crippen molar-refractivity contribution in [3.8, 4) is 0 Å². The first kappa shape index (κ1) is 19.4. The van der Waals surface area contributed by atoms with Crippen molar-refractivity contribution in [3.63, 3.8) is 0 Å². The average molecular weight is 433 g/mol. The van der Waals surface area contributed by atoms with Gasteiger partial charge in [-0.2, -0.15) is 0 Å². The van der Waals surface area contributed by atoms with Gasteiger partial charge in [0.15, 0.2) is 17.6 Å². The Bertz CT molecular complexity index is 1550. The Hall–Kier alpha value is -4.61. The van der Waals surface area contributed by atoms with Gasteiger partial charge < -0.3 is 19.5 Å². The topological polar surface area (TPSA) is 158 Å². The molecule has 0 saturated carbocycles. The molecule has 1 atom stereocenters. The summed E-state index contributed by atoms with van der Waals surface area (Å²) in [6.45, 7) is 0.969. The predicted molar refractivity (Wildman–Crippen MR) is 112 cm³/mol. The number of rotatable bonds is 5. The number of H-pyrrole nitrogens is 1. The highest BCUT2D eigenvalue weighted by molar-refractivity contribution is 6.02. The van der Waals surface area contributed by atoms with Gasteiger partial charge in [-0.05, 0) is 19.1 Å². The maximum absolute atomic E-state index is 12.7. The van der Waals surface area contributed by atoms with Crippen molar-refractivity contribution in [1.29, 1.82) is 0 Å². The molecular weight excluding hydrogens is 418 g/mol. The van der Waals surface area contributed by atoms with Crippen LogP contribution in [0.2, 0.25) is 0 Å². The van der Waals surface area contributed by atoms with E-state index in [1.165, 1.54) is 25.9 Å². The molecule has 0 aliphatic carbocycles. The molecule has 4 heterocycles. The van der Waals surface area contributed by atoms with Gasteiger partial charge in [0.05, 0.1) is 12.7 Å². The van der Waals surface area contributed by atoms with E-state index in [-0.39, 0.29) is 11.4 Å². The van der Waals surface area contributed by atoms with Crippen molar-refractivity contribution in [2.75, 3.05) is 5.32 Å². The van der Waals surface area contributed by atoms with Crippen molar-refractivity contribution in [1.82, 2.24) is 29.5 Å². The number of carbonyl (C=O) groups excluding carboxylic acids is 2. The van der Waals surface area contributed by atoms with Crippen LogP contribution >= 0.6 is 0 Å². The summed E-state index contributed by atoms with van der Waals surface area (Å²) in [6, 6.07) is 7.12. The van der Waals surface area contributed by atoms with Gasteiger partial charge in [-0.15, -0.1) is 0 Å². The molecule has 4 aromatic heterocycles. The van der Waals surface area contributed by atoms with Gasteiger partial charge in [0, 0.05) is 5.39 Å². The lowest BCUT2D eigenvalue weighted by molar-refractivity contribution is -0.153. The Balaban J connectivity index is 1.30. The van der Waals surface area contributed by atoms with Crippen molar-refractivity contribution in [2.24, 2.45) is 0 Å². The largest absolute Gasteiger partial charge is 0.451 e. The number of aromatic amines is 1. The van der Waals surface area contributed by atoms with Gasteiger partial charge in [-0.25, -0.2) is 19.9 Å². The van der Waals surface area contributed by atoms with E-state index in [9.17, 15) is 14.4 Å². The van der Waals surface area contributed by atoms with E-state index in [1.54, 1.807) is 18.2 Å². The zero-order chi connectivity index (χ0) is 22.2. The zero-order valence-electron chi connectivity index (χ0n) is 16.6. The Morgan fingerprint density at radius 3 is 2.94 bits per heavy atom. The molecule has 0 saturated heterocycles. The van der Waals surface area contributed by atoms with E-state index in [2.05, 4.69) is 30.2 Å². The molecule has 0 bridgehead atoms. The summed E-state index contributed by atoms with van der Waals surface area (Å²) in [6.07, 6.45) is 2.77. The van der Waals surface area contributed by atoms with E-state index in [4.69, 9.17) is 9.15 Å². The number of hydrogen-bond acceptors (Lipinski definition) is 9. The number of anilines is 1. The molecule has 2 N–H and O–H groups in total. The minimum Gasteiger partial charge on any atom is -0.451 e. The third-order valence-electron chi connectivity index (χ3n) is 4.79. The van der Waals surface area contributed by atoms with Gasteiger partial charge in [0.2, 0.25) is 5.58 Å². The molecule has 5 rings (SSSR count). The number of esters is 1. The number of hydrogen-bond donors (Lipinski definition) is 2. The number of para-hydroxylation sites is 1. The fraction of sp³-hybridized carbons (Fsp3) is 0.150. The SMILES string of the molecule is CC(OC(=O)Cn1cnc2c(oc3ccccc32)c1=O)C(=O)Nc1ncnc2nc[nH]c12. The van der Waals surface area contributed by atoms with Crippen LogP contribution in [0.25, 0.3) is 33.2 Å². The first-order valence-corrected chi connectivity index (χ1v) is 9.52. The summed E-state index contributed by atoms with van der Waals surface area (Å²) < 4.78 is 11.8. The van der Waals surface area contributed by atoms with Gasteiger partial charge in [-0.1, -0.05) is 12.1 Å². The number of fused-ring (bicyclic) bond motifs is 4. The standard InChI is InChI=1S/C20H15N7O5/c1-10(19(29)26-18-15-17(22-7-21-15)23-8-24-18)31-13(28)6-27-9-25-14-11-4-2-3-5-12(11)32-16(14)20(27)30/h2-5,7-10H,6H2,1H3,(H2,21,22,23,24,26,29). The van der Waals surface area contributed by atoms with Gasteiger partial charge in [0.1, 0.15) is 29.5 Å². The number of imidazole rings is 1. The van der Waals surface area contributed by atoms with Crippen molar-refractivity contribution in [2.45, 2.75) is 19.6 Å². The molecule has 0 spiro atoms. The van der Waals surface area contributed by atoms with Crippen LogP contribution < -0.4 is 10.9 Å². The zero-order valence-corrected chi connectivity index (χ0v) is 16.6. The lowest BCUT2D eigenvalue weighted by atomic mass is 10.2. The van der Waals surface area contributed by atoms with Crippen LogP contribution in [-0.4, -0.2) is 47.5 Å². The average Bonchev–Trinajstić information content (AvgIpc) is 3.41. The summed E-state index contributed by atoms with van der Waals surface area (Å²) in [5.74, 6) is -1.19.